The molecule has 82 valence electrons. The molecule has 0 heterocycles. The van der Waals surface area contributed by atoms with E-state index in [1.54, 1.807) is 0 Å². The monoisotopic (exact) mass is 202 g/mol. The van der Waals surface area contributed by atoms with E-state index >= 15 is 0 Å². The molecule has 0 spiro atoms. The molecule has 0 N–H and O–H groups in total. The highest BCUT2D eigenvalue weighted by Crippen LogP contribution is 2.47. The highest BCUT2D eigenvalue weighted by molar-refractivity contribution is 5.20. The summed E-state index contributed by atoms with van der Waals surface area (Å²) >= 11 is 0. The van der Waals surface area contributed by atoms with E-state index in [-0.39, 0.29) is 0 Å². The van der Waals surface area contributed by atoms with Crippen molar-refractivity contribution in [2.75, 3.05) is 0 Å². The molecule has 1 saturated carbocycles. The van der Waals surface area contributed by atoms with Crippen LogP contribution in [0.4, 0.5) is 0 Å². The van der Waals surface area contributed by atoms with Gasteiger partial charge in [-0.05, 0) is 56.3 Å². The van der Waals surface area contributed by atoms with Crippen LogP contribution < -0.4 is 0 Å². The molecule has 0 heteroatoms. The van der Waals surface area contributed by atoms with Gasteiger partial charge in [-0.3, -0.25) is 0 Å². The Balaban J connectivity index is 1.72. The molecule has 3 atom stereocenters. The van der Waals surface area contributed by atoms with Crippen LogP contribution in [-0.4, -0.2) is 0 Å². The first-order chi connectivity index (χ1) is 7.43. The zero-order valence-electron chi connectivity index (χ0n) is 9.62. The summed E-state index contributed by atoms with van der Waals surface area (Å²) in [5.41, 5.74) is 1.83. The minimum atomic E-state index is 0.917. The van der Waals surface area contributed by atoms with Gasteiger partial charge in [0.05, 0.1) is 0 Å². The van der Waals surface area contributed by atoms with E-state index < -0.39 is 0 Å². The summed E-state index contributed by atoms with van der Waals surface area (Å²) in [7, 11) is 0. The molecule has 2 bridgehead atoms. The van der Waals surface area contributed by atoms with Crippen molar-refractivity contribution in [3.63, 3.8) is 0 Å². The predicted octanol–water partition coefficient (Wildman–Crippen LogP) is 4.48. The Hall–Kier alpha value is -0.520. The largest absolute Gasteiger partial charge is 0.0851 e. The van der Waals surface area contributed by atoms with Crippen LogP contribution in [0.25, 0.3) is 0 Å². The van der Waals surface area contributed by atoms with Gasteiger partial charge in [-0.15, -0.1) is 0 Å². The molecule has 0 aromatic rings. The summed E-state index contributed by atoms with van der Waals surface area (Å²) in [6, 6.07) is 0. The standard InChI is InChI=1S/C15H22/c1-2-4-6-13(7-5-3-1)15-11-12-8-9-14(15)10-12/h6,8-9,12,14-15H,1-5,7,10-11H2. The van der Waals surface area contributed by atoms with Crippen LogP contribution >= 0.6 is 0 Å². The van der Waals surface area contributed by atoms with E-state index in [1.165, 1.54) is 51.4 Å². The average Bonchev–Trinajstić information content (AvgIpc) is 2.78. The maximum atomic E-state index is 2.60. The minimum Gasteiger partial charge on any atom is -0.0851 e. The predicted molar refractivity (Wildman–Crippen MR) is 64.6 cm³/mol. The number of hydrogen-bond acceptors (Lipinski definition) is 0. The van der Waals surface area contributed by atoms with E-state index in [9.17, 15) is 0 Å². The van der Waals surface area contributed by atoms with Gasteiger partial charge in [0.25, 0.3) is 0 Å². The van der Waals surface area contributed by atoms with Gasteiger partial charge in [0, 0.05) is 0 Å². The quantitative estimate of drug-likeness (QED) is 0.550. The molecule has 0 aliphatic heterocycles. The summed E-state index contributed by atoms with van der Waals surface area (Å²) in [5, 5.41) is 0. The summed E-state index contributed by atoms with van der Waals surface area (Å²) in [5.74, 6) is 2.80. The molecule has 0 saturated heterocycles. The molecule has 0 aromatic carbocycles. The topological polar surface area (TPSA) is 0 Å². The second-order valence-electron chi connectivity index (χ2n) is 5.62. The Morgan fingerprint density at radius 2 is 1.87 bits per heavy atom. The second kappa shape index (κ2) is 4.15. The van der Waals surface area contributed by atoms with E-state index in [4.69, 9.17) is 0 Å². The van der Waals surface area contributed by atoms with Crippen LogP contribution in [0.5, 0.6) is 0 Å². The third-order valence-electron chi connectivity index (χ3n) is 4.58. The first-order valence-corrected chi connectivity index (χ1v) is 6.81. The van der Waals surface area contributed by atoms with Crippen molar-refractivity contribution in [3.05, 3.63) is 23.8 Å². The molecular formula is C15H22. The molecular weight excluding hydrogens is 180 g/mol. The van der Waals surface area contributed by atoms with Gasteiger partial charge in [0.1, 0.15) is 0 Å². The molecule has 0 radical (unpaired) electrons. The summed E-state index contributed by atoms with van der Waals surface area (Å²) in [4.78, 5) is 0. The summed E-state index contributed by atoms with van der Waals surface area (Å²) < 4.78 is 0. The van der Waals surface area contributed by atoms with Crippen molar-refractivity contribution in [2.24, 2.45) is 17.8 Å². The number of allylic oxidation sites excluding steroid dienone is 4. The lowest BCUT2D eigenvalue weighted by Gasteiger charge is -2.23. The lowest BCUT2D eigenvalue weighted by atomic mass is 9.82. The van der Waals surface area contributed by atoms with Crippen molar-refractivity contribution in [1.29, 1.82) is 0 Å². The molecule has 3 aliphatic carbocycles. The molecule has 3 unspecified atom stereocenters. The lowest BCUT2D eigenvalue weighted by Crippen LogP contribution is -2.11. The smallest absolute Gasteiger partial charge is 0.0134 e. The Kier molecular flexibility index (Phi) is 2.68. The van der Waals surface area contributed by atoms with E-state index in [1.807, 2.05) is 5.57 Å². The Bertz CT molecular complexity index is 284. The number of rotatable bonds is 1. The van der Waals surface area contributed by atoms with Crippen LogP contribution in [0.1, 0.15) is 51.4 Å². The third-order valence-corrected chi connectivity index (χ3v) is 4.58. The Morgan fingerprint density at radius 1 is 0.933 bits per heavy atom. The first-order valence-electron chi connectivity index (χ1n) is 6.81. The van der Waals surface area contributed by atoms with Gasteiger partial charge in [0.15, 0.2) is 0 Å². The fourth-order valence-corrected chi connectivity index (χ4v) is 3.76. The normalized spacial score (nSPS) is 40.0. The van der Waals surface area contributed by atoms with Gasteiger partial charge in [-0.1, -0.05) is 36.6 Å². The van der Waals surface area contributed by atoms with Crippen molar-refractivity contribution in [3.8, 4) is 0 Å². The van der Waals surface area contributed by atoms with E-state index in [0.29, 0.717) is 0 Å². The minimum absolute atomic E-state index is 0.917. The highest BCUT2D eigenvalue weighted by Gasteiger charge is 2.36. The van der Waals surface area contributed by atoms with Crippen molar-refractivity contribution >= 4 is 0 Å². The van der Waals surface area contributed by atoms with Crippen LogP contribution in [-0.2, 0) is 0 Å². The third kappa shape index (κ3) is 1.91. The van der Waals surface area contributed by atoms with Crippen molar-refractivity contribution in [1.82, 2.24) is 0 Å². The van der Waals surface area contributed by atoms with E-state index in [0.717, 1.165) is 17.8 Å². The first kappa shape index (κ1) is 9.69. The molecule has 3 rings (SSSR count). The lowest BCUT2D eigenvalue weighted by molar-refractivity contribution is 0.481. The number of fused-ring (bicyclic) bond motifs is 2. The summed E-state index contributed by atoms with van der Waals surface area (Å²) in [6.07, 6.45) is 19.0. The summed E-state index contributed by atoms with van der Waals surface area (Å²) in [6.45, 7) is 0. The SMILES string of the molecule is C1=CC2CC1CC2C1=CCCCCCC1. The average molecular weight is 202 g/mol. The van der Waals surface area contributed by atoms with Gasteiger partial charge < -0.3 is 0 Å². The molecule has 15 heavy (non-hydrogen) atoms. The van der Waals surface area contributed by atoms with Gasteiger partial charge in [0.2, 0.25) is 0 Å². The fraction of sp³-hybridized carbons (Fsp3) is 0.733. The maximum absolute atomic E-state index is 2.60. The van der Waals surface area contributed by atoms with E-state index in [2.05, 4.69) is 18.2 Å². The molecule has 3 aliphatic rings. The van der Waals surface area contributed by atoms with Gasteiger partial charge >= 0.3 is 0 Å². The van der Waals surface area contributed by atoms with Crippen LogP contribution in [0.2, 0.25) is 0 Å². The molecule has 0 nitrogen and oxygen atoms in total. The van der Waals surface area contributed by atoms with Crippen molar-refractivity contribution in [2.45, 2.75) is 51.4 Å². The Morgan fingerprint density at radius 3 is 2.67 bits per heavy atom. The number of hydrogen-bond donors (Lipinski definition) is 0. The maximum Gasteiger partial charge on any atom is -0.0134 e. The van der Waals surface area contributed by atoms with Crippen molar-refractivity contribution < 1.29 is 0 Å². The zero-order chi connectivity index (χ0) is 10.1. The molecule has 1 fully saturated rings. The Labute approximate surface area is 93.5 Å². The zero-order valence-corrected chi connectivity index (χ0v) is 9.62. The van der Waals surface area contributed by atoms with Crippen LogP contribution in [0.3, 0.4) is 0 Å². The second-order valence-corrected chi connectivity index (χ2v) is 5.62. The van der Waals surface area contributed by atoms with Gasteiger partial charge in [-0.25, -0.2) is 0 Å². The van der Waals surface area contributed by atoms with Crippen LogP contribution in [0.15, 0.2) is 23.8 Å². The highest BCUT2D eigenvalue weighted by atomic mass is 14.4. The van der Waals surface area contributed by atoms with Gasteiger partial charge in [-0.2, -0.15) is 0 Å². The fourth-order valence-electron chi connectivity index (χ4n) is 3.76. The molecule has 0 aromatic heterocycles. The molecule has 0 amide bonds. The van der Waals surface area contributed by atoms with Crippen LogP contribution in [0, 0.1) is 17.8 Å².